The van der Waals surface area contributed by atoms with Crippen LogP contribution in [0, 0.1) is 17.2 Å². The molecule has 0 heterocycles. The van der Waals surface area contributed by atoms with E-state index < -0.39 is 0 Å². The largest absolute Gasteiger partial charge is 0.460 e. The Morgan fingerprint density at radius 2 is 1.59 bits per heavy atom. The van der Waals surface area contributed by atoms with E-state index >= 15 is 0 Å². The van der Waals surface area contributed by atoms with Gasteiger partial charge in [0.1, 0.15) is 12.6 Å². The zero-order chi connectivity index (χ0) is 23.9. The van der Waals surface area contributed by atoms with Gasteiger partial charge in [-0.3, -0.25) is 4.79 Å². The maximum absolute atomic E-state index is 12.7. The third-order valence-electron chi connectivity index (χ3n) is 5.93. The van der Waals surface area contributed by atoms with Crippen LogP contribution in [0.5, 0.6) is 0 Å². The van der Waals surface area contributed by atoms with Crippen LogP contribution in [0.3, 0.4) is 0 Å². The molecule has 0 aliphatic rings. The average Bonchev–Trinajstić information content (AvgIpc) is 2.87. The van der Waals surface area contributed by atoms with Crippen LogP contribution in [0.15, 0.2) is 91.0 Å². The lowest BCUT2D eigenvalue weighted by atomic mass is 9.97. The molecule has 0 spiro atoms. The number of nitrogens with one attached hydrogen (secondary N) is 1. The van der Waals surface area contributed by atoms with Crippen molar-refractivity contribution in [2.75, 3.05) is 0 Å². The zero-order valence-corrected chi connectivity index (χ0v) is 19.5. The molecule has 170 valence electrons. The first-order chi connectivity index (χ1) is 16.5. The Morgan fingerprint density at radius 3 is 2.35 bits per heavy atom. The highest BCUT2D eigenvalue weighted by Crippen LogP contribution is 2.27. The number of esters is 1. The molecule has 0 aromatic heterocycles. The predicted octanol–water partition coefficient (Wildman–Crippen LogP) is 6.24. The highest BCUT2D eigenvalue weighted by molar-refractivity contribution is 5.88. The normalized spacial score (nSPS) is 11.8. The second-order valence-electron chi connectivity index (χ2n) is 8.75. The van der Waals surface area contributed by atoms with E-state index in [2.05, 4.69) is 41.7 Å². The molecule has 0 fully saturated rings. The number of hydrogen-bond donors (Lipinski definition) is 1. The topological polar surface area (TPSA) is 62.1 Å². The van der Waals surface area contributed by atoms with Crippen LogP contribution >= 0.6 is 0 Å². The van der Waals surface area contributed by atoms with E-state index in [0.29, 0.717) is 12.1 Å². The summed E-state index contributed by atoms with van der Waals surface area (Å²) in [6.45, 7) is 4.88. The van der Waals surface area contributed by atoms with Gasteiger partial charge in [0.25, 0.3) is 0 Å². The van der Waals surface area contributed by atoms with Crippen LogP contribution in [-0.4, -0.2) is 12.0 Å². The molecule has 0 saturated heterocycles. The summed E-state index contributed by atoms with van der Waals surface area (Å²) < 4.78 is 5.56. The number of fused-ring (bicyclic) bond motifs is 1. The molecule has 0 unspecified atom stereocenters. The van der Waals surface area contributed by atoms with Crippen molar-refractivity contribution in [3.63, 3.8) is 0 Å². The lowest BCUT2D eigenvalue weighted by molar-refractivity contribution is -0.148. The third-order valence-corrected chi connectivity index (χ3v) is 5.93. The van der Waals surface area contributed by atoms with Crippen molar-refractivity contribution in [3.8, 4) is 17.2 Å². The quantitative estimate of drug-likeness (QED) is 0.324. The summed E-state index contributed by atoms with van der Waals surface area (Å²) in [5.74, 6) is -0.132. The molecule has 4 aromatic carbocycles. The van der Waals surface area contributed by atoms with Crippen LogP contribution < -0.4 is 5.32 Å². The van der Waals surface area contributed by atoms with Gasteiger partial charge in [-0.25, -0.2) is 0 Å². The number of rotatable bonds is 8. The second-order valence-corrected chi connectivity index (χ2v) is 8.75. The van der Waals surface area contributed by atoms with E-state index in [-0.39, 0.29) is 24.5 Å². The summed E-state index contributed by atoms with van der Waals surface area (Å²) in [5.41, 5.74) is 4.70. The molecule has 0 radical (unpaired) electrons. The van der Waals surface area contributed by atoms with Crippen LogP contribution in [0.1, 0.15) is 30.5 Å². The molecule has 0 saturated carbocycles. The molecule has 4 nitrogen and oxygen atoms in total. The van der Waals surface area contributed by atoms with Crippen molar-refractivity contribution in [2.24, 2.45) is 5.92 Å². The average molecular weight is 449 g/mol. The Labute approximate surface area is 200 Å². The lowest BCUT2D eigenvalue weighted by Gasteiger charge is -2.21. The van der Waals surface area contributed by atoms with Crippen molar-refractivity contribution in [1.29, 1.82) is 5.26 Å². The second kappa shape index (κ2) is 10.8. The summed E-state index contributed by atoms with van der Waals surface area (Å²) in [4.78, 5) is 12.7. The van der Waals surface area contributed by atoms with E-state index in [4.69, 9.17) is 4.74 Å². The standard InChI is InChI=1S/C30H28N2O2/c1-21(2)29(30(33)34-20-22-8-4-3-5-9-22)32-19-23-12-13-25-17-26(15-14-24(25)16-23)28-11-7-6-10-27(28)18-31/h3-17,21,29,32H,19-20H2,1-2H3/t29-/m0/s1. The number of carbonyl (C=O) groups is 1. The van der Waals surface area contributed by atoms with E-state index in [1.54, 1.807) is 0 Å². The summed E-state index contributed by atoms with van der Waals surface area (Å²) >= 11 is 0. The zero-order valence-electron chi connectivity index (χ0n) is 19.5. The molecule has 1 N–H and O–H groups in total. The third kappa shape index (κ3) is 5.51. The molecule has 0 amide bonds. The Morgan fingerprint density at radius 1 is 0.882 bits per heavy atom. The number of hydrogen-bond acceptors (Lipinski definition) is 4. The van der Waals surface area contributed by atoms with Gasteiger partial charge in [0.05, 0.1) is 11.6 Å². The van der Waals surface area contributed by atoms with Crippen molar-refractivity contribution >= 4 is 16.7 Å². The maximum Gasteiger partial charge on any atom is 0.323 e. The van der Waals surface area contributed by atoms with Crippen LogP contribution in [0.2, 0.25) is 0 Å². The van der Waals surface area contributed by atoms with Crippen LogP contribution in [0.4, 0.5) is 0 Å². The number of benzene rings is 4. The van der Waals surface area contributed by atoms with Gasteiger partial charge in [0.15, 0.2) is 0 Å². The molecule has 4 rings (SSSR count). The molecule has 4 aromatic rings. The minimum Gasteiger partial charge on any atom is -0.460 e. The van der Waals surface area contributed by atoms with Crippen molar-refractivity contribution in [2.45, 2.75) is 33.0 Å². The van der Waals surface area contributed by atoms with Crippen molar-refractivity contribution < 1.29 is 9.53 Å². The Bertz CT molecular complexity index is 1320. The first kappa shape index (κ1) is 23.2. The van der Waals surface area contributed by atoms with Gasteiger partial charge in [0, 0.05) is 6.54 Å². The van der Waals surface area contributed by atoms with E-state index in [0.717, 1.165) is 33.0 Å². The lowest BCUT2D eigenvalue weighted by Crippen LogP contribution is -2.41. The van der Waals surface area contributed by atoms with Crippen molar-refractivity contribution in [1.82, 2.24) is 5.32 Å². The predicted molar refractivity (Wildman–Crippen MR) is 136 cm³/mol. The van der Waals surface area contributed by atoms with Gasteiger partial charge >= 0.3 is 5.97 Å². The summed E-state index contributed by atoms with van der Waals surface area (Å²) in [6.07, 6.45) is 0. The first-order valence-corrected chi connectivity index (χ1v) is 11.5. The van der Waals surface area contributed by atoms with E-state index in [9.17, 15) is 10.1 Å². The summed E-state index contributed by atoms with van der Waals surface area (Å²) in [6, 6.07) is 31.8. The van der Waals surface area contributed by atoms with E-state index in [1.807, 2.05) is 74.5 Å². The minimum atomic E-state index is -0.385. The SMILES string of the molecule is CC(C)[C@H](NCc1ccc2cc(-c3ccccc3C#N)ccc2c1)C(=O)OCc1ccccc1. The Balaban J connectivity index is 1.44. The smallest absolute Gasteiger partial charge is 0.323 e. The van der Waals surface area contributed by atoms with Gasteiger partial charge in [-0.15, -0.1) is 0 Å². The Kier molecular flexibility index (Phi) is 7.37. The van der Waals surface area contributed by atoms with Gasteiger partial charge in [-0.2, -0.15) is 5.26 Å². The van der Waals surface area contributed by atoms with Gasteiger partial charge < -0.3 is 10.1 Å². The molecular weight excluding hydrogens is 420 g/mol. The maximum atomic E-state index is 12.7. The summed E-state index contributed by atoms with van der Waals surface area (Å²) in [5, 5.41) is 15.0. The van der Waals surface area contributed by atoms with Gasteiger partial charge in [0.2, 0.25) is 0 Å². The van der Waals surface area contributed by atoms with Crippen molar-refractivity contribution in [3.05, 3.63) is 108 Å². The van der Waals surface area contributed by atoms with Gasteiger partial charge in [-0.05, 0) is 57.1 Å². The monoisotopic (exact) mass is 448 g/mol. The van der Waals surface area contributed by atoms with Crippen LogP contribution in [-0.2, 0) is 22.7 Å². The first-order valence-electron chi connectivity index (χ1n) is 11.5. The summed E-state index contributed by atoms with van der Waals surface area (Å²) in [7, 11) is 0. The molecule has 0 bridgehead atoms. The number of nitrogens with zero attached hydrogens (tertiary/aromatic N) is 1. The highest BCUT2D eigenvalue weighted by Gasteiger charge is 2.23. The highest BCUT2D eigenvalue weighted by atomic mass is 16.5. The molecular formula is C30H28N2O2. The van der Waals surface area contributed by atoms with E-state index in [1.165, 1.54) is 0 Å². The van der Waals surface area contributed by atoms with Crippen LogP contribution in [0.25, 0.3) is 21.9 Å². The number of ether oxygens (including phenoxy) is 1. The molecule has 34 heavy (non-hydrogen) atoms. The minimum absolute atomic E-state index is 0.103. The Hall–Kier alpha value is -3.94. The fourth-order valence-corrected chi connectivity index (χ4v) is 4.04. The fraction of sp³-hybridized carbons (Fsp3) is 0.200. The number of carbonyl (C=O) groups excluding carboxylic acids is 1. The van der Waals surface area contributed by atoms with Gasteiger partial charge in [-0.1, -0.05) is 86.6 Å². The fourth-order valence-electron chi connectivity index (χ4n) is 4.04. The number of nitriles is 1. The molecule has 4 heteroatoms. The molecule has 1 atom stereocenters. The molecule has 0 aliphatic carbocycles. The molecule has 0 aliphatic heterocycles.